The Kier molecular flexibility index (Phi) is 3.39. The number of nitrogens with zero attached hydrogens (tertiary/aromatic N) is 2. The van der Waals surface area contributed by atoms with Crippen molar-refractivity contribution < 1.29 is 9.32 Å². The molecule has 88 valence electrons. The Morgan fingerprint density at radius 1 is 1.69 bits per heavy atom. The van der Waals surface area contributed by atoms with Crippen LogP contribution < -0.4 is 0 Å². The molecule has 1 aromatic heterocycles. The van der Waals surface area contributed by atoms with E-state index in [1.807, 2.05) is 13.0 Å². The number of ketones is 1. The van der Waals surface area contributed by atoms with E-state index in [1.165, 1.54) is 0 Å². The number of rotatable bonds is 3. The summed E-state index contributed by atoms with van der Waals surface area (Å²) in [5.74, 6) is 1.40. The van der Waals surface area contributed by atoms with Crippen LogP contribution in [0.1, 0.15) is 31.2 Å². The zero-order valence-electron chi connectivity index (χ0n) is 9.90. The number of hydrogen-bond donors (Lipinski definition) is 0. The fourth-order valence-electron chi connectivity index (χ4n) is 2.24. The number of piperidine rings is 1. The first kappa shape index (κ1) is 11.3. The van der Waals surface area contributed by atoms with Crippen LogP contribution in [-0.4, -0.2) is 28.9 Å². The number of carbonyl (C=O) groups is 1. The molecule has 0 aromatic carbocycles. The van der Waals surface area contributed by atoms with Gasteiger partial charge in [-0.05, 0) is 33.2 Å². The van der Waals surface area contributed by atoms with E-state index in [0.717, 1.165) is 43.9 Å². The Morgan fingerprint density at radius 3 is 3.12 bits per heavy atom. The maximum atomic E-state index is 11.3. The van der Waals surface area contributed by atoms with Crippen LogP contribution in [0.3, 0.4) is 0 Å². The van der Waals surface area contributed by atoms with Gasteiger partial charge in [-0.2, -0.15) is 0 Å². The molecule has 1 fully saturated rings. The minimum absolute atomic E-state index is 0.206. The minimum Gasteiger partial charge on any atom is -0.360 e. The Bertz CT molecular complexity index is 373. The summed E-state index contributed by atoms with van der Waals surface area (Å²) in [4.78, 5) is 13.6. The summed E-state index contributed by atoms with van der Waals surface area (Å²) in [5, 5.41) is 3.87. The number of aryl methyl sites for hydroxylation is 1. The maximum Gasteiger partial charge on any atom is 0.150 e. The van der Waals surface area contributed by atoms with Crippen molar-refractivity contribution in [2.45, 2.75) is 33.2 Å². The smallest absolute Gasteiger partial charge is 0.150 e. The van der Waals surface area contributed by atoms with Crippen molar-refractivity contribution in [1.82, 2.24) is 10.1 Å². The first-order valence-corrected chi connectivity index (χ1v) is 5.80. The summed E-state index contributed by atoms with van der Waals surface area (Å²) < 4.78 is 5.19. The van der Waals surface area contributed by atoms with Gasteiger partial charge in [0.25, 0.3) is 0 Å². The molecule has 0 radical (unpaired) electrons. The predicted octanol–water partition coefficient (Wildman–Crippen LogP) is 1.78. The third kappa shape index (κ3) is 2.70. The summed E-state index contributed by atoms with van der Waals surface area (Å²) in [6, 6.07) is 1.96. The third-order valence-corrected chi connectivity index (χ3v) is 3.14. The minimum atomic E-state index is 0.206. The zero-order chi connectivity index (χ0) is 11.5. The van der Waals surface area contributed by atoms with Crippen LogP contribution in [0.15, 0.2) is 10.6 Å². The van der Waals surface area contributed by atoms with Crippen LogP contribution in [0.5, 0.6) is 0 Å². The van der Waals surface area contributed by atoms with Crippen molar-refractivity contribution in [3.8, 4) is 0 Å². The summed E-state index contributed by atoms with van der Waals surface area (Å²) in [6.07, 6.45) is 2.12. The molecule has 0 spiro atoms. The third-order valence-electron chi connectivity index (χ3n) is 3.14. The van der Waals surface area contributed by atoms with Gasteiger partial charge in [-0.3, -0.25) is 9.69 Å². The van der Waals surface area contributed by atoms with Crippen LogP contribution in [0.4, 0.5) is 0 Å². The van der Waals surface area contributed by atoms with E-state index >= 15 is 0 Å². The van der Waals surface area contributed by atoms with Gasteiger partial charge in [0, 0.05) is 18.5 Å². The predicted molar refractivity (Wildman–Crippen MR) is 59.9 cm³/mol. The molecule has 4 heteroatoms. The fraction of sp³-hybridized carbons (Fsp3) is 0.667. The highest BCUT2D eigenvalue weighted by molar-refractivity contribution is 5.78. The first-order valence-electron chi connectivity index (χ1n) is 5.80. The van der Waals surface area contributed by atoms with E-state index in [9.17, 15) is 4.79 Å². The monoisotopic (exact) mass is 222 g/mol. The average Bonchev–Trinajstić information content (AvgIpc) is 2.64. The van der Waals surface area contributed by atoms with E-state index < -0.39 is 0 Å². The fourth-order valence-corrected chi connectivity index (χ4v) is 2.24. The van der Waals surface area contributed by atoms with E-state index in [0.29, 0.717) is 5.78 Å². The lowest BCUT2D eigenvalue weighted by atomic mass is 9.94. The number of carbonyl (C=O) groups excluding carboxylic acids is 1. The summed E-state index contributed by atoms with van der Waals surface area (Å²) in [5.41, 5.74) is 0.912. The van der Waals surface area contributed by atoms with E-state index in [2.05, 4.69) is 10.1 Å². The van der Waals surface area contributed by atoms with Gasteiger partial charge in [0.05, 0.1) is 12.2 Å². The summed E-state index contributed by atoms with van der Waals surface area (Å²) in [7, 11) is 0. The van der Waals surface area contributed by atoms with Crippen LogP contribution in [0.2, 0.25) is 0 Å². The molecule has 0 bridgehead atoms. The molecule has 16 heavy (non-hydrogen) atoms. The lowest BCUT2D eigenvalue weighted by Crippen LogP contribution is -2.37. The SMILES string of the molecule is CC(=O)C1CCCN(Cc2cc(C)no2)C1. The average molecular weight is 222 g/mol. The zero-order valence-corrected chi connectivity index (χ0v) is 9.90. The molecule has 0 aliphatic carbocycles. The molecule has 1 aliphatic heterocycles. The van der Waals surface area contributed by atoms with Crippen molar-refractivity contribution in [1.29, 1.82) is 0 Å². The lowest BCUT2D eigenvalue weighted by Gasteiger charge is -2.30. The second-order valence-corrected chi connectivity index (χ2v) is 4.62. The largest absolute Gasteiger partial charge is 0.360 e. The highest BCUT2D eigenvalue weighted by Gasteiger charge is 2.23. The van der Waals surface area contributed by atoms with E-state index in [1.54, 1.807) is 6.92 Å². The summed E-state index contributed by atoms with van der Waals surface area (Å²) >= 11 is 0. The van der Waals surface area contributed by atoms with Gasteiger partial charge in [-0.25, -0.2) is 0 Å². The van der Waals surface area contributed by atoms with Gasteiger partial charge in [-0.1, -0.05) is 5.16 Å². The molecule has 1 unspecified atom stereocenters. The molecule has 2 rings (SSSR count). The van der Waals surface area contributed by atoms with Gasteiger partial charge < -0.3 is 4.52 Å². The number of Topliss-reactive ketones (excluding diaryl/α,β-unsaturated/α-hetero) is 1. The number of aromatic nitrogens is 1. The molecule has 4 nitrogen and oxygen atoms in total. The van der Waals surface area contributed by atoms with E-state index in [-0.39, 0.29) is 5.92 Å². The molecular weight excluding hydrogens is 204 g/mol. The van der Waals surface area contributed by atoms with Crippen molar-refractivity contribution in [2.24, 2.45) is 5.92 Å². The Balaban J connectivity index is 1.92. The normalized spacial score (nSPS) is 22.2. The number of hydrogen-bond acceptors (Lipinski definition) is 4. The first-order chi connectivity index (χ1) is 7.65. The molecule has 0 N–H and O–H groups in total. The Hall–Kier alpha value is -1.16. The maximum absolute atomic E-state index is 11.3. The van der Waals surface area contributed by atoms with Gasteiger partial charge in [0.1, 0.15) is 5.78 Å². The second kappa shape index (κ2) is 4.78. The molecule has 1 atom stereocenters. The number of likely N-dealkylation sites (tertiary alicyclic amines) is 1. The van der Waals surface area contributed by atoms with Crippen molar-refractivity contribution >= 4 is 5.78 Å². The van der Waals surface area contributed by atoms with Gasteiger partial charge in [0.2, 0.25) is 0 Å². The van der Waals surface area contributed by atoms with Gasteiger partial charge in [0.15, 0.2) is 5.76 Å². The van der Waals surface area contributed by atoms with Crippen LogP contribution >= 0.6 is 0 Å². The molecule has 1 aliphatic rings. The quantitative estimate of drug-likeness (QED) is 0.782. The topological polar surface area (TPSA) is 46.3 Å². The van der Waals surface area contributed by atoms with Crippen molar-refractivity contribution in [3.05, 3.63) is 17.5 Å². The Labute approximate surface area is 95.6 Å². The molecule has 0 amide bonds. The highest BCUT2D eigenvalue weighted by Crippen LogP contribution is 2.19. The van der Waals surface area contributed by atoms with Crippen LogP contribution in [0.25, 0.3) is 0 Å². The van der Waals surface area contributed by atoms with Crippen LogP contribution in [-0.2, 0) is 11.3 Å². The molecule has 1 saturated heterocycles. The van der Waals surface area contributed by atoms with Crippen LogP contribution in [0, 0.1) is 12.8 Å². The summed E-state index contributed by atoms with van der Waals surface area (Å²) in [6.45, 7) is 6.28. The molecule has 1 aromatic rings. The van der Waals surface area contributed by atoms with E-state index in [4.69, 9.17) is 4.52 Å². The van der Waals surface area contributed by atoms with Crippen molar-refractivity contribution in [3.63, 3.8) is 0 Å². The second-order valence-electron chi connectivity index (χ2n) is 4.62. The highest BCUT2D eigenvalue weighted by atomic mass is 16.5. The Morgan fingerprint density at radius 2 is 2.50 bits per heavy atom. The molecule has 2 heterocycles. The van der Waals surface area contributed by atoms with Gasteiger partial charge in [-0.15, -0.1) is 0 Å². The molecular formula is C12H18N2O2. The van der Waals surface area contributed by atoms with Gasteiger partial charge >= 0.3 is 0 Å². The molecule has 0 saturated carbocycles. The lowest BCUT2D eigenvalue weighted by molar-refractivity contribution is -0.122. The van der Waals surface area contributed by atoms with Crippen molar-refractivity contribution in [2.75, 3.05) is 13.1 Å². The standard InChI is InChI=1S/C12H18N2O2/c1-9-6-12(16-13-9)8-14-5-3-4-11(7-14)10(2)15/h6,11H,3-5,7-8H2,1-2H3.